The summed E-state index contributed by atoms with van der Waals surface area (Å²) >= 11 is 0. The molecule has 0 aromatic heterocycles. The standard InChI is InChI=1S/5CN.Cu.Fe/c5*1-2;;/q5*-1;+2;+3. The van der Waals surface area contributed by atoms with Crippen molar-refractivity contribution in [3.05, 3.63) is 32.9 Å². The zero-order valence-electron chi connectivity index (χ0n) is 5.39. The molecular weight excluding hydrogens is 249 g/mol. The van der Waals surface area contributed by atoms with Crippen LogP contribution in [0.1, 0.15) is 0 Å². The molecule has 64 valence electrons. The first-order chi connectivity index (χ1) is 5.00. The Morgan fingerprint density at radius 1 is 0.417 bits per heavy atom. The van der Waals surface area contributed by atoms with Crippen molar-refractivity contribution in [3.8, 4) is 0 Å². The van der Waals surface area contributed by atoms with E-state index in [0.717, 1.165) is 0 Å². The van der Waals surface area contributed by atoms with Gasteiger partial charge in [0.2, 0.25) is 0 Å². The zero-order chi connectivity index (χ0) is 10.0. The summed E-state index contributed by atoms with van der Waals surface area (Å²) in [6.07, 6.45) is 0. The maximum Gasteiger partial charge on any atom is 3.00 e. The topological polar surface area (TPSA) is 119 Å². The van der Waals surface area contributed by atoms with Crippen molar-refractivity contribution in [1.29, 1.82) is 26.3 Å². The molecule has 0 rings (SSSR count). The van der Waals surface area contributed by atoms with E-state index in [1.807, 2.05) is 0 Å². The number of nitrogens with zero attached hydrogens (tertiary/aromatic N) is 5. The minimum atomic E-state index is 0. The van der Waals surface area contributed by atoms with E-state index in [0.29, 0.717) is 0 Å². The van der Waals surface area contributed by atoms with Gasteiger partial charge >= 0.3 is 34.1 Å². The third kappa shape index (κ3) is 209. The first-order valence-corrected chi connectivity index (χ1v) is 1.12. The molecule has 0 bridgehead atoms. The van der Waals surface area contributed by atoms with E-state index in [2.05, 4.69) is 0 Å². The minimum absolute atomic E-state index is 0. The fourth-order valence-corrected chi connectivity index (χ4v) is 0. The summed E-state index contributed by atoms with van der Waals surface area (Å²) in [5.41, 5.74) is 0. The second-order valence-corrected chi connectivity index (χ2v) is 0. The summed E-state index contributed by atoms with van der Waals surface area (Å²) in [5.74, 6) is 0. The summed E-state index contributed by atoms with van der Waals surface area (Å²) in [6, 6.07) is 0. The Labute approximate surface area is 93.4 Å². The molecular formula is C5CuFeN5. The van der Waals surface area contributed by atoms with E-state index in [1.54, 1.807) is 0 Å². The van der Waals surface area contributed by atoms with Gasteiger partial charge in [-0.05, 0) is 0 Å². The van der Waals surface area contributed by atoms with Crippen LogP contribution in [0.25, 0.3) is 0 Å². The van der Waals surface area contributed by atoms with Crippen molar-refractivity contribution in [1.82, 2.24) is 0 Å². The molecule has 0 aliphatic heterocycles. The second-order valence-electron chi connectivity index (χ2n) is 0. The molecule has 5 nitrogen and oxygen atoms in total. The van der Waals surface area contributed by atoms with Crippen LogP contribution in [0.2, 0.25) is 0 Å². The van der Waals surface area contributed by atoms with Crippen molar-refractivity contribution in [2.24, 2.45) is 0 Å². The quantitative estimate of drug-likeness (QED) is 0.457. The molecule has 7 heteroatoms. The Hall–Kier alpha value is -1.51. The monoisotopic (exact) mass is 249 g/mol. The van der Waals surface area contributed by atoms with Gasteiger partial charge in [-0.3, -0.25) is 0 Å². The van der Waals surface area contributed by atoms with E-state index in [9.17, 15) is 0 Å². The van der Waals surface area contributed by atoms with E-state index in [-0.39, 0.29) is 34.1 Å². The second kappa shape index (κ2) is 299. The SMILES string of the molecule is [C-]#N.[C-]#N.[C-]#N.[C-]#N.[C-]#N.[Cu+2].[Fe+3]. The van der Waals surface area contributed by atoms with Gasteiger partial charge in [-0.25, -0.2) is 0 Å². The van der Waals surface area contributed by atoms with Gasteiger partial charge < -0.3 is 59.2 Å². The molecule has 0 aliphatic carbocycles. The van der Waals surface area contributed by atoms with E-state index >= 15 is 0 Å². The molecule has 0 spiro atoms. The maximum atomic E-state index is 6.25. The average Bonchev–Trinajstić information content (AvgIpc) is 2.20. The first kappa shape index (κ1) is 77.6. The van der Waals surface area contributed by atoms with E-state index in [4.69, 9.17) is 59.2 Å². The molecule has 0 fully saturated rings. The van der Waals surface area contributed by atoms with Crippen molar-refractivity contribution in [3.63, 3.8) is 0 Å². The van der Waals surface area contributed by atoms with E-state index in [1.165, 1.54) is 0 Å². The molecule has 0 aromatic carbocycles. The van der Waals surface area contributed by atoms with Gasteiger partial charge in [-0.15, -0.1) is 0 Å². The van der Waals surface area contributed by atoms with Gasteiger partial charge in [-0.1, -0.05) is 0 Å². The van der Waals surface area contributed by atoms with Crippen LogP contribution in [-0.4, -0.2) is 0 Å². The molecule has 12 heavy (non-hydrogen) atoms. The average molecular weight is 249 g/mol. The van der Waals surface area contributed by atoms with Crippen molar-refractivity contribution >= 4 is 0 Å². The summed E-state index contributed by atoms with van der Waals surface area (Å²) in [4.78, 5) is 0. The number of hydrogen-bond donors (Lipinski definition) is 0. The van der Waals surface area contributed by atoms with Crippen LogP contribution in [0.5, 0.6) is 0 Å². The van der Waals surface area contributed by atoms with Crippen LogP contribution >= 0.6 is 0 Å². The Morgan fingerprint density at radius 2 is 0.417 bits per heavy atom. The van der Waals surface area contributed by atoms with Crippen molar-refractivity contribution in [2.75, 3.05) is 0 Å². The van der Waals surface area contributed by atoms with Gasteiger partial charge in [0.1, 0.15) is 0 Å². The van der Waals surface area contributed by atoms with E-state index < -0.39 is 0 Å². The fourth-order valence-electron chi connectivity index (χ4n) is 0. The molecule has 0 saturated carbocycles. The van der Waals surface area contributed by atoms with Crippen LogP contribution in [0, 0.1) is 59.2 Å². The Balaban J connectivity index is -0.00000000500. The summed E-state index contributed by atoms with van der Waals surface area (Å²) in [5, 5.41) is 31.2. The van der Waals surface area contributed by atoms with Crippen LogP contribution in [0.15, 0.2) is 0 Å². The molecule has 0 heterocycles. The predicted octanol–water partition coefficient (Wildman–Crippen LogP) is 0.477. The molecule has 0 unspecified atom stereocenters. The minimum Gasteiger partial charge on any atom is -0.512 e. The third-order valence-corrected chi connectivity index (χ3v) is 0. The van der Waals surface area contributed by atoms with Gasteiger partial charge in [0, 0.05) is 0 Å². The molecule has 0 N–H and O–H groups in total. The predicted molar refractivity (Wildman–Crippen MR) is 24.8 cm³/mol. The summed E-state index contributed by atoms with van der Waals surface area (Å²) < 4.78 is 0. The van der Waals surface area contributed by atoms with Crippen molar-refractivity contribution < 1.29 is 34.1 Å². The van der Waals surface area contributed by atoms with Crippen LogP contribution in [0.3, 0.4) is 0 Å². The summed E-state index contributed by atoms with van der Waals surface area (Å²) in [6.45, 7) is 23.8. The fraction of sp³-hybridized carbons (Fsp3) is 0. The van der Waals surface area contributed by atoms with Crippen LogP contribution in [0.4, 0.5) is 0 Å². The third-order valence-electron chi connectivity index (χ3n) is 0. The number of hydrogen-bond acceptors (Lipinski definition) is 5. The molecule has 0 amide bonds. The normalized spacial score (nSPS) is 0.833. The van der Waals surface area contributed by atoms with Crippen LogP contribution in [-0.2, 0) is 34.1 Å². The van der Waals surface area contributed by atoms with Gasteiger partial charge in [0.05, 0.1) is 0 Å². The zero-order valence-corrected chi connectivity index (χ0v) is 7.44. The summed E-state index contributed by atoms with van der Waals surface area (Å²) in [7, 11) is 0. The Bertz CT molecular complexity index is 78.4. The molecule has 0 aliphatic rings. The van der Waals surface area contributed by atoms with Crippen LogP contribution < -0.4 is 0 Å². The molecule has 0 aromatic rings. The maximum absolute atomic E-state index is 6.25. The Morgan fingerprint density at radius 3 is 0.417 bits per heavy atom. The van der Waals surface area contributed by atoms with Gasteiger partial charge in [0.15, 0.2) is 0 Å². The molecule has 0 atom stereocenters. The first-order valence-electron chi connectivity index (χ1n) is 1.12. The van der Waals surface area contributed by atoms with Gasteiger partial charge in [-0.2, -0.15) is 0 Å². The largest absolute Gasteiger partial charge is 3.00 e. The van der Waals surface area contributed by atoms with Gasteiger partial charge in [0.25, 0.3) is 0 Å². The molecule has 0 saturated heterocycles. The Kier molecular flexibility index (Phi) is 1940. The smallest absolute Gasteiger partial charge is 0.512 e. The van der Waals surface area contributed by atoms with Crippen molar-refractivity contribution in [2.45, 2.75) is 0 Å². The number of rotatable bonds is 0. The molecule has 2 radical (unpaired) electrons.